The molecule has 29 heavy (non-hydrogen) atoms. The Labute approximate surface area is 174 Å². The molecule has 0 saturated heterocycles. The molecule has 1 aromatic carbocycles. The topological polar surface area (TPSA) is 76.7 Å². The Morgan fingerprint density at radius 1 is 1.07 bits per heavy atom. The van der Waals surface area contributed by atoms with Crippen LogP contribution in [-0.2, 0) is 20.9 Å². The first-order valence-electron chi connectivity index (χ1n) is 10.7. The Morgan fingerprint density at radius 3 is 2.28 bits per heavy atom. The van der Waals surface area contributed by atoms with Crippen LogP contribution in [0.2, 0.25) is 0 Å². The molecular formula is C23H36N2O4. The summed E-state index contributed by atoms with van der Waals surface area (Å²) >= 11 is 0. The van der Waals surface area contributed by atoms with Gasteiger partial charge in [0.05, 0.1) is 12.7 Å². The molecule has 0 radical (unpaired) electrons. The van der Waals surface area contributed by atoms with Crippen molar-refractivity contribution in [1.82, 2.24) is 10.6 Å². The quantitative estimate of drug-likeness (QED) is 0.664. The standard InChI is InChI=1S/C23H36N2O4/c1-17(28-16-18-12-8-7-9-13-18)20(25-22(27)29-23(2,3)4)21(26)24-19-14-10-5-6-11-15-19/h7-9,12-13,17,19-20H,5-6,10-11,14-16H2,1-4H3,(H,24,26)(H,25,27)/t17-,20-/m1/s1. The molecule has 1 saturated carbocycles. The van der Waals surface area contributed by atoms with Crippen LogP contribution >= 0.6 is 0 Å². The van der Waals surface area contributed by atoms with Gasteiger partial charge in [0, 0.05) is 6.04 Å². The summed E-state index contributed by atoms with van der Waals surface area (Å²) in [5, 5.41) is 5.83. The molecule has 0 bridgehead atoms. The summed E-state index contributed by atoms with van der Waals surface area (Å²) in [6.45, 7) is 7.55. The summed E-state index contributed by atoms with van der Waals surface area (Å²) in [5.41, 5.74) is 0.375. The van der Waals surface area contributed by atoms with Crippen molar-refractivity contribution in [3.8, 4) is 0 Å². The number of amides is 2. The number of carbonyl (C=O) groups is 2. The predicted molar refractivity (Wildman–Crippen MR) is 113 cm³/mol. The van der Waals surface area contributed by atoms with Gasteiger partial charge in [0.2, 0.25) is 5.91 Å². The van der Waals surface area contributed by atoms with E-state index < -0.39 is 23.8 Å². The lowest BCUT2D eigenvalue weighted by molar-refractivity contribution is -0.128. The zero-order valence-electron chi connectivity index (χ0n) is 18.2. The van der Waals surface area contributed by atoms with E-state index in [1.54, 1.807) is 27.7 Å². The van der Waals surface area contributed by atoms with Crippen LogP contribution in [0.3, 0.4) is 0 Å². The summed E-state index contributed by atoms with van der Waals surface area (Å²) in [6, 6.07) is 9.09. The molecule has 6 nitrogen and oxygen atoms in total. The van der Waals surface area contributed by atoms with Crippen molar-refractivity contribution < 1.29 is 19.1 Å². The predicted octanol–water partition coefficient (Wildman–Crippen LogP) is 4.32. The highest BCUT2D eigenvalue weighted by Crippen LogP contribution is 2.18. The molecule has 6 heteroatoms. The third kappa shape index (κ3) is 8.86. The van der Waals surface area contributed by atoms with E-state index in [-0.39, 0.29) is 11.9 Å². The number of hydrogen-bond donors (Lipinski definition) is 2. The molecule has 1 fully saturated rings. The number of nitrogens with one attached hydrogen (secondary N) is 2. The second-order valence-electron chi connectivity index (χ2n) is 8.82. The van der Waals surface area contributed by atoms with E-state index >= 15 is 0 Å². The van der Waals surface area contributed by atoms with Crippen LogP contribution in [0.4, 0.5) is 4.79 Å². The van der Waals surface area contributed by atoms with Crippen molar-refractivity contribution in [2.75, 3.05) is 0 Å². The van der Waals surface area contributed by atoms with Gasteiger partial charge in [-0.05, 0) is 46.1 Å². The zero-order valence-corrected chi connectivity index (χ0v) is 18.2. The fraction of sp³-hybridized carbons (Fsp3) is 0.652. The highest BCUT2D eigenvalue weighted by molar-refractivity contribution is 5.86. The van der Waals surface area contributed by atoms with E-state index in [0.717, 1.165) is 31.2 Å². The Bertz CT molecular complexity index is 634. The van der Waals surface area contributed by atoms with Crippen molar-refractivity contribution >= 4 is 12.0 Å². The van der Waals surface area contributed by atoms with Crippen molar-refractivity contribution in [1.29, 1.82) is 0 Å². The van der Waals surface area contributed by atoms with E-state index in [0.29, 0.717) is 6.61 Å². The second kappa shape index (κ2) is 11.2. The van der Waals surface area contributed by atoms with Gasteiger partial charge in [-0.25, -0.2) is 4.79 Å². The minimum Gasteiger partial charge on any atom is -0.444 e. The van der Waals surface area contributed by atoms with Crippen LogP contribution in [0.5, 0.6) is 0 Å². The van der Waals surface area contributed by atoms with Crippen LogP contribution in [0.25, 0.3) is 0 Å². The molecule has 2 amide bonds. The molecule has 1 aliphatic rings. The van der Waals surface area contributed by atoms with Gasteiger partial charge >= 0.3 is 6.09 Å². The van der Waals surface area contributed by atoms with Crippen LogP contribution in [0, 0.1) is 0 Å². The number of carbonyl (C=O) groups excluding carboxylic acids is 2. The summed E-state index contributed by atoms with van der Waals surface area (Å²) in [7, 11) is 0. The Kier molecular flexibility index (Phi) is 8.96. The molecule has 162 valence electrons. The summed E-state index contributed by atoms with van der Waals surface area (Å²) < 4.78 is 11.3. The van der Waals surface area contributed by atoms with E-state index in [4.69, 9.17) is 9.47 Å². The van der Waals surface area contributed by atoms with Crippen molar-refractivity contribution in [3.05, 3.63) is 35.9 Å². The highest BCUT2D eigenvalue weighted by Gasteiger charge is 2.31. The number of alkyl carbamates (subject to hydrolysis) is 1. The summed E-state index contributed by atoms with van der Waals surface area (Å²) in [4.78, 5) is 25.3. The molecule has 0 heterocycles. The van der Waals surface area contributed by atoms with Crippen LogP contribution in [0.15, 0.2) is 30.3 Å². The van der Waals surface area contributed by atoms with Crippen LogP contribution < -0.4 is 10.6 Å². The zero-order chi connectivity index (χ0) is 21.3. The van der Waals surface area contributed by atoms with Gasteiger partial charge in [-0.3, -0.25) is 4.79 Å². The molecule has 0 aromatic heterocycles. The Balaban J connectivity index is 2.02. The van der Waals surface area contributed by atoms with Crippen LogP contribution in [0.1, 0.15) is 71.8 Å². The number of ether oxygens (including phenoxy) is 2. The second-order valence-corrected chi connectivity index (χ2v) is 8.82. The highest BCUT2D eigenvalue weighted by atomic mass is 16.6. The number of rotatable bonds is 7. The first-order valence-corrected chi connectivity index (χ1v) is 10.7. The first-order chi connectivity index (χ1) is 13.7. The fourth-order valence-corrected chi connectivity index (χ4v) is 3.44. The maximum Gasteiger partial charge on any atom is 0.408 e. The fourth-order valence-electron chi connectivity index (χ4n) is 3.44. The average molecular weight is 405 g/mol. The molecule has 0 spiro atoms. The molecule has 2 rings (SSSR count). The largest absolute Gasteiger partial charge is 0.444 e. The van der Waals surface area contributed by atoms with Gasteiger partial charge in [0.25, 0.3) is 0 Å². The van der Waals surface area contributed by atoms with Crippen molar-refractivity contribution in [2.45, 2.75) is 96.6 Å². The first kappa shape index (κ1) is 23.2. The lowest BCUT2D eigenvalue weighted by atomic mass is 10.1. The minimum atomic E-state index is -0.822. The molecule has 0 unspecified atom stereocenters. The molecule has 2 atom stereocenters. The molecule has 1 aliphatic carbocycles. The lowest BCUT2D eigenvalue weighted by Crippen LogP contribution is -2.55. The van der Waals surface area contributed by atoms with E-state index in [9.17, 15) is 9.59 Å². The maximum absolute atomic E-state index is 13.0. The normalized spacial score (nSPS) is 17.7. The molecular weight excluding hydrogens is 368 g/mol. The summed E-state index contributed by atoms with van der Waals surface area (Å²) in [6.07, 6.45) is 5.49. The Morgan fingerprint density at radius 2 is 1.69 bits per heavy atom. The van der Waals surface area contributed by atoms with Crippen LogP contribution in [-0.4, -0.2) is 35.8 Å². The average Bonchev–Trinajstić information content (AvgIpc) is 2.92. The van der Waals surface area contributed by atoms with Gasteiger partial charge in [-0.15, -0.1) is 0 Å². The number of benzene rings is 1. The third-order valence-electron chi connectivity index (χ3n) is 4.98. The maximum atomic E-state index is 13.0. The van der Waals surface area contributed by atoms with Gasteiger partial charge in [-0.2, -0.15) is 0 Å². The van der Waals surface area contributed by atoms with Gasteiger partial charge < -0.3 is 20.1 Å². The van der Waals surface area contributed by atoms with E-state index in [1.807, 2.05) is 30.3 Å². The SMILES string of the molecule is C[C@@H](OCc1ccccc1)[C@@H](NC(=O)OC(C)(C)C)C(=O)NC1CCCCCC1. The van der Waals surface area contributed by atoms with Crippen molar-refractivity contribution in [3.63, 3.8) is 0 Å². The monoisotopic (exact) mass is 404 g/mol. The van der Waals surface area contributed by atoms with E-state index in [1.165, 1.54) is 12.8 Å². The smallest absolute Gasteiger partial charge is 0.408 e. The summed E-state index contributed by atoms with van der Waals surface area (Å²) in [5.74, 6) is -0.219. The lowest BCUT2D eigenvalue weighted by Gasteiger charge is -2.28. The number of hydrogen-bond acceptors (Lipinski definition) is 4. The van der Waals surface area contributed by atoms with Gasteiger partial charge in [-0.1, -0.05) is 56.0 Å². The Hall–Kier alpha value is -2.08. The molecule has 0 aliphatic heterocycles. The molecule has 1 aromatic rings. The van der Waals surface area contributed by atoms with E-state index in [2.05, 4.69) is 10.6 Å². The van der Waals surface area contributed by atoms with Gasteiger partial charge in [0.15, 0.2) is 0 Å². The third-order valence-corrected chi connectivity index (χ3v) is 4.98. The van der Waals surface area contributed by atoms with Crippen molar-refractivity contribution in [2.24, 2.45) is 0 Å². The van der Waals surface area contributed by atoms with Gasteiger partial charge in [0.1, 0.15) is 11.6 Å². The minimum absolute atomic E-state index is 0.147. The molecule has 2 N–H and O–H groups in total.